The van der Waals surface area contributed by atoms with E-state index in [1.807, 2.05) is 6.07 Å². The molecule has 3 aliphatic rings. The van der Waals surface area contributed by atoms with E-state index in [4.69, 9.17) is 9.47 Å². The average Bonchev–Trinajstić information content (AvgIpc) is 3.20. The van der Waals surface area contributed by atoms with Crippen molar-refractivity contribution >= 4 is 17.7 Å². The lowest BCUT2D eigenvalue weighted by atomic mass is 10.0. The summed E-state index contributed by atoms with van der Waals surface area (Å²) in [7, 11) is 0. The van der Waals surface area contributed by atoms with Crippen molar-refractivity contribution in [1.29, 1.82) is 0 Å². The number of amides is 3. The average molecular weight is 492 g/mol. The predicted octanol–water partition coefficient (Wildman–Crippen LogP) is 2.88. The van der Waals surface area contributed by atoms with Crippen molar-refractivity contribution in [2.24, 2.45) is 5.92 Å². The van der Waals surface area contributed by atoms with Gasteiger partial charge in [0.05, 0.1) is 19.3 Å². The number of nitrogens with one attached hydrogen (secondary N) is 1. The first-order chi connectivity index (χ1) is 17.4. The first kappa shape index (κ1) is 24.5. The summed E-state index contributed by atoms with van der Waals surface area (Å²) < 4.78 is 12.0. The molecule has 2 saturated heterocycles. The minimum atomic E-state index is -0.634. The van der Waals surface area contributed by atoms with Gasteiger partial charge in [0.1, 0.15) is 18.4 Å². The number of piperidine rings is 1. The Morgan fingerprint density at radius 1 is 1.08 bits per heavy atom. The van der Waals surface area contributed by atoms with Crippen molar-refractivity contribution in [2.75, 3.05) is 19.7 Å². The summed E-state index contributed by atoms with van der Waals surface area (Å²) in [5.41, 5.74) is 3.65. The monoisotopic (exact) mass is 491 g/mol. The van der Waals surface area contributed by atoms with Crippen LogP contribution >= 0.6 is 0 Å². The molecular formula is C28H33N3O5. The van der Waals surface area contributed by atoms with Crippen LogP contribution in [-0.2, 0) is 34.0 Å². The Morgan fingerprint density at radius 2 is 1.86 bits per heavy atom. The number of rotatable bonds is 7. The molecule has 5 rings (SSSR count). The van der Waals surface area contributed by atoms with E-state index in [0.717, 1.165) is 37.4 Å². The molecule has 0 radical (unpaired) electrons. The van der Waals surface area contributed by atoms with Crippen LogP contribution in [0.1, 0.15) is 53.7 Å². The summed E-state index contributed by atoms with van der Waals surface area (Å²) in [6.07, 6.45) is 0.867. The van der Waals surface area contributed by atoms with Gasteiger partial charge in [-0.25, -0.2) is 0 Å². The Bertz CT molecular complexity index is 1150. The molecule has 2 atom stereocenters. The number of carbonyl (C=O) groups excluding carboxylic acids is 3. The van der Waals surface area contributed by atoms with Crippen LogP contribution in [0.4, 0.5) is 0 Å². The second kappa shape index (κ2) is 10.4. The van der Waals surface area contributed by atoms with Gasteiger partial charge in [-0.05, 0) is 35.6 Å². The van der Waals surface area contributed by atoms with E-state index < -0.39 is 11.9 Å². The van der Waals surface area contributed by atoms with Gasteiger partial charge in [-0.2, -0.15) is 0 Å². The number of hydrogen-bond donors (Lipinski definition) is 1. The minimum absolute atomic E-state index is 0.197. The van der Waals surface area contributed by atoms with E-state index in [2.05, 4.69) is 48.3 Å². The van der Waals surface area contributed by atoms with Gasteiger partial charge >= 0.3 is 0 Å². The predicted molar refractivity (Wildman–Crippen MR) is 133 cm³/mol. The van der Waals surface area contributed by atoms with Crippen molar-refractivity contribution < 1.29 is 23.9 Å². The zero-order valence-corrected chi connectivity index (χ0v) is 20.9. The Hall–Kier alpha value is -3.23. The summed E-state index contributed by atoms with van der Waals surface area (Å²) in [4.78, 5) is 40.8. The molecule has 3 heterocycles. The van der Waals surface area contributed by atoms with Gasteiger partial charge in [-0.1, -0.05) is 44.2 Å². The normalized spacial score (nSPS) is 22.6. The van der Waals surface area contributed by atoms with Gasteiger partial charge in [0.15, 0.2) is 0 Å². The third kappa shape index (κ3) is 5.15. The van der Waals surface area contributed by atoms with Crippen molar-refractivity contribution in [3.8, 4) is 5.75 Å². The van der Waals surface area contributed by atoms with Crippen molar-refractivity contribution in [1.82, 2.24) is 15.1 Å². The molecule has 0 spiro atoms. The topological polar surface area (TPSA) is 88.2 Å². The summed E-state index contributed by atoms with van der Waals surface area (Å²) >= 11 is 0. The van der Waals surface area contributed by atoms with Crippen LogP contribution < -0.4 is 10.1 Å². The highest BCUT2D eigenvalue weighted by Crippen LogP contribution is 2.34. The van der Waals surface area contributed by atoms with Crippen LogP contribution in [0.3, 0.4) is 0 Å². The number of hydrogen-bond acceptors (Lipinski definition) is 6. The highest BCUT2D eigenvalue weighted by Gasteiger charge is 2.40. The molecule has 0 bridgehead atoms. The molecule has 2 aromatic carbocycles. The first-order valence-corrected chi connectivity index (χ1v) is 12.7. The fourth-order valence-corrected chi connectivity index (χ4v) is 5.13. The van der Waals surface area contributed by atoms with Gasteiger partial charge in [-0.15, -0.1) is 0 Å². The summed E-state index contributed by atoms with van der Waals surface area (Å²) in [6.45, 7) is 8.67. The number of ether oxygens (including phenoxy) is 2. The molecule has 0 saturated carbocycles. The number of fused-ring (bicyclic) bond motifs is 1. The smallest absolute Gasteiger partial charge is 0.255 e. The Morgan fingerprint density at radius 3 is 2.61 bits per heavy atom. The molecule has 36 heavy (non-hydrogen) atoms. The lowest BCUT2D eigenvalue weighted by Crippen LogP contribution is -2.52. The maximum atomic E-state index is 13.0. The molecule has 8 heteroatoms. The first-order valence-electron chi connectivity index (χ1n) is 12.7. The Labute approximate surface area is 211 Å². The molecule has 2 fully saturated rings. The van der Waals surface area contributed by atoms with E-state index in [1.165, 1.54) is 5.56 Å². The molecule has 190 valence electrons. The maximum Gasteiger partial charge on any atom is 0.255 e. The summed E-state index contributed by atoms with van der Waals surface area (Å²) in [6, 6.07) is 13.2. The highest BCUT2D eigenvalue weighted by atomic mass is 16.5. The van der Waals surface area contributed by atoms with Crippen LogP contribution in [-0.4, -0.2) is 59.4 Å². The van der Waals surface area contributed by atoms with Gasteiger partial charge in [0.2, 0.25) is 11.8 Å². The van der Waals surface area contributed by atoms with Gasteiger partial charge in [0, 0.05) is 37.2 Å². The number of benzene rings is 2. The van der Waals surface area contributed by atoms with Crippen molar-refractivity contribution in [2.45, 2.75) is 58.5 Å². The van der Waals surface area contributed by atoms with Crippen LogP contribution in [0.5, 0.6) is 5.75 Å². The fourth-order valence-electron chi connectivity index (χ4n) is 5.13. The maximum absolute atomic E-state index is 13.0. The highest BCUT2D eigenvalue weighted by molar-refractivity contribution is 6.05. The standard InChI is InChI=1S/C28H33N3O5/c1-18(2)25-16-30(12-13-35-25)14-19-6-8-20(9-7-19)17-36-24-5-3-4-21-22(24)15-31(28(21)34)23-10-11-26(32)29-27(23)33/h3-9,18,23,25H,10-17H2,1-2H3,(H,29,32,33). The fraction of sp³-hybridized carbons (Fsp3) is 0.464. The number of imide groups is 1. The molecule has 2 unspecified atom stereocenters. The van der Waals surface area contributed by atoms with E-state index >= 15 is 0 Å². The SMILES string of the molecule is CC(C)C1CN(Cc2ccc(COc3cccc4c3CN(C3CCC(=O)NC3=O)C4=O)cc2)CCO1. The molecule has 3 aliphatic heterocycles. The van der Waals surface area contributed by atoms with E-state index in [0.29, 0.717) is 36.8 Å². The molecule has 0 aliphatic carbocycles. The summed E-state index contributed by atoms with van der Waals surface area (Å²) in [5.74, 6) is 0.259. The number of nitrogens with zero attached hydrogens (tertiary/aromatic N) is 2. The largest absolute Gasteiger partial charge is 0.489 e. The second-order valence-corrected chi connectivity index (χ2v) is 10.2. The lowest BCUT2D eigenvalue weighted by Gasteiger charge is -2.34. The summed E-state index contributed by atoms with van der Waals surface area (Å²) in [5, 5.41) is 2.34. The minimum Gasteiger partial charge on any atom is -0.489 e. The van der Waals surface area contributed by atoms with Crippen LogP contribution in [0, 0.1) is 5.92 Å². The van der Waals surface area contributed by atoms with Gasteiger partial charge < -0.3 is 14.4 Å². The van der Waals surface area contributed by atoms with Gasteiger partial charge in [0.25, 0.3) is 5.91 Å². The molecular weight excluding hydrogens is 458 g/mol. The van der Waals surface area contributed by atoms with E-state index in [-0.39, 0.29) is 24.3 Å². The van der Waals surface area contributed by atoms with Crippen LogP contribution in [0.15, 0.2) is 42.5 Å². The van der Waals surface area contributed by atoms with E-state index in [9.17, 15) is 14.4 Å². The molecule has 2 aromatic rings. The van der Waals surface area contributed by atoms with Crippen molar-refractivity contribution in [3.63, 3.8) is 0 Å². The van der Waals surface area contributed by atoms with E-state index in [1.54, 1.807) is 17.0 Å². The molecule has 0 aromatic heterocycles. The molecule has 8 nitrogen and oxygen atoms in total. The number of morpholine rings is 1. The quantitative estimate of drug-likeness (QED) is 0.600. The van der Waals surface area contributed by atoms with Gasteiger partial charge in [-0.3, -0.25) is 24.6 Å². The van der Waals surface area contributed by atoms with Crippen LogP contribution in [0.2, 0.25) is 0 Å². The van der Waals surface area contributed by atoms with Crippen LogP contribution in [0.25, 0.3) is 0 Å². The third-order valence-electron chi connectivity index (χ3n) is 7.28. The Balaban J connectivity index is 1.20. The zero-order valence-electron chi connectivity index (χ0n) is 20.9. The molecule has 3 amide bonds. The second-order valence-electron chi connectivity index (χ2n) is 10.2. The lowest BCUT2D eigenvalue weighted by molar-refractivity contribution is -0.136. The Kier molecular flexibility index (Phi) is 7.07. The van der Waals surface area contributed by atoms with Crippen molar-refractivity contribution in [3.05, 3.63) is 64.7 Å². The third-order valence-corrected chi connectivity index (χ3v) is 7.28. The molecule has 1 N–H and O–H groups in total. The zero-order chi connectivity index (χ0) is 25.2. The number of carbonyl (C=O) groups is 3.